The lowest BCUT2D eigenvalue weighted by Crippen LogP contribution is -2.38. The highest BCUT2D eigenvalue weighted by atomic mass is 16.5. The van der Waals surface area contributed by atoms with Crippen LogP contribution in [0.3, 0.4) is 0 Å². The van der Waals surface area contributed by atoms with Crippen LogP contribution in [0.5, 0.6) is 0 Å². The maximum atomic E-state index is 5.33. The molecule has 0 aliphatic rings. The largest absolute Gasteiger partial charge is 0.382 e. The van der Waals surface area contributed by atoms with E-state index < -0.39 is 0 Å². The minimum atomic E-state index is 0.581. The summed E-state index contributed by atoms with van der Waals surface area (Å²) in [5.41, 5.74) is 1.06. The average molecular weight is 330 g/mol. The number of hydrogen-bond acceptors (Lipinski definition) is 4. The summed E-state index contributed by atoms with van der Waals surface area (Å²) in [6.07, 6.45) is 8.14. The van der Waals surface area contributed by atoms with E-state index in [0.717, 1.165) is 50.1 Å². The first-order chi connectivity index (χ1) is 11.8. The molecule has 0 amide bonds. The Balaban J connectivity index is 1.85. The average Bonchev–Trinajstić information content (AvgIpc) is 3.14. The zero-order chi connectivity index (χ0) is 17.0. The predicted octanol–water partition coefficient (Wildman–Crippen LogP) is 1.75. The Morgan fingerprint density at radius 2 is 2.21 bits per heavy atom. The van der Waals surface area contributed by atoms with Gasteiger partial charge in [-0.2, -0.15) is 0 Å². The van der Waals surface area contributed by atoms with Crippen molar-refractivity contribution in [3.63, 3.8) is 0 Å². The summed E-state index contributed by atoms with van der Waals surface area (Å²) in [6.45, 7) is 7.83. The van der Waals surface area contributed by atoms with Crippen LogP contribution in [0.2, 0.25) is 0 Å². The van der Waals surface area contributed by atoms with Crippen molar-refractivity contribution >= 4 is 5.96 Å². The van der Waals surface area contributed by atoms with Gasteiger partial charge in [-0.3, -0.25) is 4.57 Å². The summed E-state index contributed by atoms with van der Waals surface area (Å²) in [5, 5.41) is 6.55. The van der Waals surface area contributed by atoms with Gasteiger partial charge in [0.25, 0.3) is 0 Å². The summed E-state index contributed by atoms with van der Waals surface area (Å²) in [7, 11) is 0. The molecule has 7 nitrogen and oxygen atoms in total. The number of hydrogen-bond donors (Lipinski definition) is 2. The van der Waals surface area contributed by atoms with Crippen molar-refractivity contribution in [1.82, 2.24) is 25.2 Å². The molecule has 0 saturated heterocycles. The number of nitrogens with one attached hydrogen (secondary N) is 2. The highest BCUT2D eigenvalue weighted by Crippen LogP contribution is 2.06. The third-order valence-corrected chi connectivity index (χ3v) is 3.30. The Morgan fingerprint density at radius 3 is 2.88 bits per heavy atom. The molecule has 0 radical (unpaired) electrons. The molecule has 0 atom stereocenters. The normalized spacial score (nSPS) is 11.5. The Bertz CT molecular complexity index is 594. The Morgan fingerprint density at radius 1 is 1.29 bits per heavy atom. The highest BCUT2D eigenvalue weighted by Gasteiger charge is 2.00. The van der Waals surface area contributed by atoms with Crippen LogP contribution in [-0.4, -0.2) is 46.8 Å². The number of pyridine rings is 1. The van der Waals surface area contributed by atoms with Gasteiger partial charge in [-0.05, 0) is 31.9 Å². The quantitative estimate of drug-likeness (QED) is 0.416. The molecule has 0 unspecified atom stereocenters. The van der Waals surface area contributed by atoms with Gasteiger partial charge in [0.1, 0.15) is 12.1 Å². The van der Waals surface area contributed by atoms with Gasteiger partial charge < -0.3 is 15.4 Å². The molecule has 0 bridgehead atoms. The van der Waals surface area contributed by atoms with Gasteiger partial charge >= 0.3 is 0 Å². The lowest BCUT2D eigenvalue weighted by Gasteiger charge is -2.11. The summed E-state index contributed by atoms with van der Waals surface area (Å²) in [4.78, 5) is 13.0. The number of nitrogens with zero attached hydrogens (tertiary/aromatic N) is 4. The van der Waals surface area contributed by atoms with Crippen LogP contribution in [0.1, 0.15) is 25.8 Å². The van der Waals surface area contributed by atoms with E-state index in [9.17, 15) is 0 Å². The van der Waals surface area contributed by atoms with Crippen LogP contribution in [0.4, 0.5) is 0 Å². The van der Waals surface area contributed by atoms with Crippen molar-refractivity contribution in [2.75, 3.05) is 26.3 Å². The topological polar surface area (TPSA) is 76.4 Å². The maximum absolute atomic E-state index is 5.33. The third-order valence-electron chi connectivity index (χ3n) is 3.30. The lowest BCUT2D eigenvalue weighted by atomic mass is 10.3. The highest BCUT2D eigenvalue weighted by molar-refractivity contribution is 5.79. The van der Waals surface area contributed by atoms with E-state index in [4.69, 9.17) is 4.74 Å². The Kier molecular flexibility index (Phi) is 7.76. The summed E-state index contributed by atoms with van der Waals surface area (Å²) in [5.74, 6) is 1.66. The van der Waals surface area contributed by atoms with Gasteiger partial charge in [0.15, 0.2) is 5.96 Å². The van der Waals surface area contributed by atoms with Gasteiger partial charge in [0.2, 0.25) is 0 Å². The van der Waals surface area contributed by atoms with Crippen LogP contribution < -0.4 is 10.6 Å². The molecule has 2 aromatic rings. The first kappa shape index (κ1) is 17.9. The molecule has 2 aromatic heterocycles. The first-order valence-corrected chi connectivity index (χ1v) is 8.36. The van der Waals surface area contributed by atoms with Gasteiger partial charge in [0.05, 0.1) is 6.54 Å². The minimum absolute atomic E-state index is 0.581. The lowest BCUT2D eigenvalue weighted by molar-refractivity contribution is 0.145. The monoisotopic (exact) mass is 330 g/mol. The second-order valence-corrected chi connectivity index (χ2v) is 5.17. The number of aromatic nitrogens is 3. The fourth-order valence-corrected chi connectivity index (χ4v) is 2.10. The maximum Gasteiger partial charge on any atom is 0.191 e. The van der Waals surface area contributed by atoms with Gasteiger partial charge in [-0.1, -0.05) is 6.07 Å². The van der Waals surface area contributed by atoms with E-state index in [1.807, 2.05) is 36.0 Å². The molecule has 0 aliphatic heterocycles. The summed E-state index contributed by atoms with van der Waals surface area (Å²) >= 11 is 0. The van der Waals surface area contributed by atoms with Crippen molar-refractivity contribution < 1.29 is 4.74 Å². The van der Waals surface area contributed by atoms with Crippen molar-refractivity contribution in [2.45, 2.75) is 26.8 Å². The molecule has 2 heterocycles. The molecular weight excluding hydrogens is 304 g/mol. The van der Waals surface area contributed by atoms with Crippen LogP contribution >= 0.6 is 0 Å². The molecular formula is C17H26N6O. The van der Waals surface area contributed by atoms with Crippen molar-refractivity contribution in [2.24, 2.45) is 4.99 Å². The van der Waals surface area contributed by atoms with Crippen molar-refractivity contribution in [1.29, 1.82) is 0 Å². The van der Waals surface area contributed by atoms with E-state index in [-0.39, 0.29) is 0 Å². The van der Waals surface area contributed by atoms with E-state index >= 15 is 0 Å². The standard InChI is InChI=1S/C17H26N6O/c1-3-19-17(20-8-5-11-24-4-2)22-13-15-6-7-16(21-12-15)23-10-9-18-14-23/h6-7,9-10,12,14H,3-5,8,11,13H2,1-2H3,(H2,19,20,22). The second-order valence-electron chi connectivity index (χ2n) is 5.17. The summed E-state index contributed by atoms with van der Waals surface area (Å²) < 4.78 is 7.20. The molecule has 2 rings (SSSR count). The number of rotatable bonds is 9. The van der Waals surface area contributed by atoms with Crippen LogP contribution in [0, 0.1) is 0 Å². The van der Waals surface area contributed by atoms with Crippen LogP contribution in [-0.2, 0) is 11.3 Å². The van der Waals surface area contributed by atoms with Gasteiger partial charge in [-0.25, -0.2) is 15.0 Å². The second kappa shape index (κ2) is 10.4. The number of guanidine groups is 1. The van der Waals surface area contributed by atoms with Crippen LogP contribution in [0.15, 0.2) is 42.0 Å². The molecule has 0 fully saturated rings. The third kappa shape index (κ3) is 6.00. The minimum Gasteiger partial charge on any atom is -0.382 e. The molecule has 2 N–H and O–H groups in total. The molecule has 7 heteroatoms. The predicted molar refractivity (Wildman–Crippen MR) is 95.3 cm³/mol. The molecule has 24 heavy (non-hydrogen) atoms. The Hall–Kier alpha value is -2.41. The zero-order valence-corrected chi connectivity index (χ0v) is 14.4. The van der Waals surface area contributed by atoms with Crippen molar-refractivity contribution in [3.05, 3.63) is 42.6 Å². The molecule has 0 aromatic carbocycles. The molecule has 0 saturated carbocycles. The van der Waals surface area contributed by atoms with E-state index in [1.54, 1.807) is 12.5 Å². The smallest absolute Gasteiger partial charge is 0.191 e. The molecule has 0 aliphatic carbocycles. The van der Waals surface area contributed by atoms with Gasteiger partial charge in [-0.15, -0.1) is 0 Å². The Labute approximate surface area is 143 Å². The molecule has 130 valence electrons. The van der Waals surface area contributed by atoms with Gasteiger partial charge in [0, 0.05) is 44.9 Å². The summed E-state index contributed by atoms with van der Waals surface area (Å²) in [6, 6.07) is 4.00. The van der Waals surface area contributed by atoms with E-state index in [0.29, 0.717) is 6.54 Å². The molecule has 0 spiro atoms. The van der Waals surface area contributed by atoms with Crippen LogP contribution in [0.25, 0.3) is 5.82 Å². The fourth-order valence-electron chi connectivity index (χ4n) is 2.10. The SMILES string of the molecule is CCNC(=NCc1ccc(-n2ccnc2)nc1)NCCCOCC. The zero-order valence-electron chi connectivity index (χ0n) is 14.4. The first-order valence-electron chi connectivity index (χ1n) is 8.36. The van der Waals surface area contributed by atoms with E-state index in [1.165, 1.54) is 0 Å². The number of ether oxygens (including phenoxy) is 1. The number of imidazole rings is 1. The fraction of sp³-hybridized carbons (Fsp3) is 0.471. The van der Waals surface area contributed by atoms with Crippen molar-refractivity contribution in [3.8, 4) is 5.82 Å². The van der Waals surface area contributed by atoms with E-state index in [2.05, 4.69) is 32.5 Å². The number of aliphatic imine (C=N–C) groups is 1.